The summed E-state index contributed by atoms with van der Waals surface area (Å²) in [7, 11) is 0. The third kappa shape index (κ3) is 4.59. The maximum atomic E-state index is 4.74. The van der Waals surface area contributed by atoms with Gasteiger partial charge in [0.2, 0.25) is 5.82 Å². The molecular formula is C22H25N7S. The normalized spacial score (nSPS) is 12.2. The number of hydrogen-bond donors (Lipinski definition) is 3. The molecule has 0 aliphatic carbocycles. The van der Waals surface area contributed by atoms with Gasteiger partial charge in [0.1, 0.15) is 5.82 Å². The SMILES string of the molecule is CCCC(CCS)c1n[nH]c(Cc2ccc(-c3ccccc3-c3nn[nH]n3)cc2)n1. The van der Waals surface area contributed by atoms with Gasteiger partial charge in [-0.05, 0) is 40.5 Å². The maximum absolute atomic E-state index is 4.74. The van der Waals surface area contributed by atoms with Crippen molar-refractivity contribution in [1.82, 2.24) is 35.8 Å². The van der Waals surface area contributed by atoms with Crippen LogP contribution in [0.3, 0.4) is 0 Å². The first-order valence-corrected chi connectivity index (χ1v) is 10.9. The van der Waals surface area contributed by atoms with E-state index in [1.165, 1.54) is 5.56 Å². The van der Waals surface area contributed by atoms with E-state index in [4.69, 9.17) is 4.98 Å². The summed E-state index contributed by atoms with van der Waals surface area (Å²) in [6.07, 6.45) is 3.93. The molecule has 2 aromatic carbocycles. The third-order valence-corrected chi connectivity index (χ3v) is 5.44. The molecule has 4 rings (SSSR count). The van der Waals surface area contributed by atoms with E-state index < -0.39 is 0 Å². The zero-order chi connectivity index (χ0) is 20.8. The minimum Gasteiger partial charge on any atom is -0.263 e. The number of aromatic amines is 2. The number of tetrazole rings is 1. The first kappa shape index (κ1) is 20.3. The molecule has 0 fully saturated rings. The number of nitrogens with zero attached hydrogens (tertiary/aromatic N) is 5. The molecule has 0 aliphatic heterocycles. The number of aromatic nitrogens is 7. The number of H-pyrrole nitrogens is 2. The van der Waals surface area contributed by atoms with Crippen molar-refractivity contribution in [3.05, 3.63) is 65.7 Å². The van der Waals surface area contributed by atoms with Crippen molar-refractivity contribution in [3.8, 4) is 22.5 Å². The fourth-order valence-corrected chi connectivity index (χ4v) is 3.99. The van der Waals surface area contributed by atoms with E-state index in [-0.39, 0.29) is 0 Å². The maximum Gasteiger partial charge on any atom is 0.205 e. The average molecular weight is 420 g/mol. The van der Waals surface area contributed by atoms with E-state index in [0.717, 1.165) is 59.8 Å². The molecule has 0 amide bonds. The van der Waals surface area contributed by atoms with Crippen LogP contribution in [0, 0.1) is 0 Å². The Hall–Kier alpha value is -3.00. The molecule has 0 radical (unpaired) electrons. The number of nitrogens with one attached hydrogen (secondary N) is 2. The summed E-state index contributed by atoms with van der Waals surface area (Å²) in [6, 6.07) is 16.5. The van der Waals surface area contributed by atoms with Crippen LogP contribution in [0.15, 0.2) is 48.5 Å². The Kier molecular flexibility index (Phi) is 6.53. The van der Waals surface area contributed by atoms with Crippen molar-refractivity contribution in [2.24, 2.45) is 0 Å². The van der Waals surface area contributed by atoms with Gasteiger partial charge in [-0.1, -0.05) is 61.9 Å². The lowest BCUT2D eigenvalue weighted by Gasteiger charge is -2.10. The van der Waals surface area contributed by atoms with Crippen molar-refractivity contribution in [2.75, 3.05) is 5.75 Å². The first-order chi connectivity index (χ1) is 14.8. The molecule has 7 nitrogen and oxygen atoms in total. The monoisotopic (exact) mass is 419 g/mol. The van der Waals surface area contributed by atoms with Crippen LogP contribution in [0.5, 0.6) is 0 Å². The molecule has 1 atom stereocenters. The van der Waals surface area contributed by atoms with Crippen molar-refractivity contribution in [1.29, 1.82) is 0 Å². The molecule has 4 aromatic rings. The van der Waals surface area contributed by atoms with Crippen LogP contribution in [-0.4, -0.2) is 41.6 Å². The zero-order valence-electron chi connectivity index (χ0n) is 16.9. The molecular weight excluding hydrogens is 394 g/mol. The summed E-state index contributed by atoms with van der Waals surface area (Å²) in [5, 5.41) is 22.0. The largest absolute Gasteiger partial charge is 0.263 e. The first-order valence-electron chi connectivity index (χ1n) is 10.2. The average Bonchev–Trinajstić information content (AvgIpc) is 3.47. The molecule has 0 aliphatic rings. The van der Waals surface area contributed by atoms with E-state index in [1.807, 2.05) is 18.2 Å². The summed E-state index contributed by atoms with van der Waals surface area (Å²) >= 11 is 4.38. The molecule has 8 heteroatoms. The predicted octanol–water partition coefficient (Wildman–Crippen LogP) is 4.45. The summed E-state index contributed by atoms with van der Waals surface area (Å²) in [5.74, 6) is 3.62. The minimum absolute atomic E-state index is 0.376. The van der Waals surface area contributed by atoms with Crippen LogP contribution in [0.4, 0.5) is 0 Å². The Balaban J connectivity index is 1.51. The van der Waals surface area contributed by atoms with Gasteiger partial charge in [-0.2, -0.15) is 22.9 Å². The Morgan fingerprint density at radius 1 is 0.967 bits per heavy atom. The molecule has 1 unspecified atom stereocenters. The number of benzene rings is 2. The smallest absolute Gasteiger partial charge is 0.205 e. The molecule has 30 heavy (non-hydrogen) atoms. The van der Waals surface area contributed by atoms with Crippen molar-refractivity contribution < 1.29 is 0 Å². The highest BCUT2D eigenvalue weighted by Crippen LogP contribution is 2.30. The van der Waals surface area contributed by atoms with Gasteiger partial charge in [0, 0.05) is 17.9 Å². The van der Waals surface area contributed by atoms with E-state index in [2.05, 4.69) is 80.7 Å². The molecule has 2 heterocycles. The van der Waals surface area contributed by atoms with Crippen LogP contribution >= 0.6 is 12.6 Å². The van der Waals surface area contributed by atoms with Crippen LogP contribution in [-0.2, 0) is 6.42 Å². The standard InChI is InChI=1S/C22H25N7S/c1-2-5-17(12-13-30)21-23-20(24-25-21)14-15-8-10-16(11-9-15)18-6-3-4-7-19(18)22-26-28-29-27-22/h3-4,6-11,17,30H,2,5,12-14H2,1H3,(H,23,24,25)(H,26,27,28,29). The van der Waals surface area contributed by atoms with Gasteiger partial charge in [0.25, 0.3) is 0 Å². The zero-order valence-corrected chi connectivity index (χ0v) is 17.8. The van der Waals surface area contributed by atoms with Gasteiger partial charge in [0.05, 0.1) is 0 Å². The topological polar surface area (TPSA) is 96.0 Å². The summed E-state index contributed by atoms with van der Waals surface area (Å²) in [4.78, 5) is 4.74. The van der Waals surface area contributed by atoms with Gasteiger partial charge in [0.15, 0.2) is 5.82 Å². The van der Waals surface area contributed by atoms with E-state index in [0.29, 0.717) is 11.7 Å². The molecule has 0 spiro atoms. The molecule has 0 saturated carbocycles. The van der Waals surface area contributed by atoms with Crippen molar-refractivity contribution >= 4 is 12.6 Å². The lowest BCUT2D eigenvalue weighted by Crippen LogP contribution is -2.02. The quantitative estimate of drug-likeness (QED) is 0.348. The molecule has 154 valence electrons. The van der Waals surface area contributed by atoms with E-state index >= 15 is 0 Å². The van der Waals surface area contributed by atoms with Crippen molar-refractivity contribution in [2.45, 2.75) is 38.5 Å². The second-order valence-electron chi connectivity index (χ2n) is 7.29. The Labute approximate surface area is 181 Å². The Bertz CT molecular complexity index is 1050. The van der Waals surface area contributed by atoms with E-state index in [1.54, 1.807) is 0 Å². The number of rotatable bonds is 9. The van der Waals surface area contributed by atoms with E-state index in [9.17, 15) is 0 Å². The van der Waals surface area contributed by atoms with Gasteiger partial charge in [-0.25, -0.2) is 4.98 Å². The molecule has 2 N–H and O–H groups in total. The molecule has 2 aromatic heterocycles. The molecule has 0 bridgehead atoms. The summed E-state index contributed by atoms with van der Waals surface area (Å²) in [6.45, 7) is 2.19. The van der Waals surface area contributed by atoms with Crippen LogP contribution < -0.4 is 0 Å². The van der Waals surface area contributed by atoms with Crippen molar-refractivity contribution in [3.63, 3.8) is 0 Å². The fourth-order valence-electron chi connectivity index (χ4n) is 3.68. The lowest BCUT2D eigenvalue weighted by atomic mass is 9.98. The third-order valence-electron chi connectivity index (χ3n) is 5.18. The predicted molar refractivity (Wildman–Crippen MR) is 120 cm³/mol. The highest BCUT2D eigenvalue weighted by Gasteiger charge is 2.16. The van der Waals surface area contributed by atoms with Gasteiger partial charge in [-0.3, -0.25) is 5.10 Å². The molecule has 0 saturated heterocycles. The number of hydrogen-bond acceptors (Lipinski definition) is 6. The Morgan fingerprint density at radius 2 is 1.77 bits per heavy atom. The Morgan fingerprint density at radius 3 is 2.47 bits per heavy atom. The second-order valence-corrected chi connectivity index (χ2v) is 7.74. The van der Waals surface area contributed by atoms with Gasteiger partial charge in [-0.15, -0.1) is 10.2 Å². The van der Waals surface area contributed by atoms with Crippen LogP contribution in [0.2, 0.25) is 0 Å². The fraction of sp³-hybridized carbons (Fsp3) is 0.318. The van der Waals surface area contributed by atoms with Gasteiger partial charge >= 0.3 is 0 Å². The number of thiol groups is 1. The van der Waals surface area contributed by atoms with Gasteiger partial charge < -0.3 is 0 Å². The summed E-state index contributed by atoms with van der Waals surface area (Å²) in [5.41, 5.74) is 4.31. The van der Waals surface area contributed by atoms with Crippen LogP contribution in [0.1, 0.15) is 49.3 Å². The second kappa shape index (κ2) is 9.67. The highest BCUT2D eigenvalue weighted by molar-refractivity contribution is 7.80. The van der Waals surface area contributed by atoms with Crippen LogP contribution in [0.25, 0.3) is 22.5 Å². The highest BCUT2D eigenvalue weighted by atomic mass is 32.1. The minimum atomic E-state index is 0.376. The lowest BCUT2D eigenvalue weighted by molar-refractivity contribution is 0.570. The summed E-state index contributed by atoms with van der Waals surface area (Å²) < 4.78 is 0.